The molecule has 2 rings (SSSR count). The van der Waals surface area contributed by atoms with E-state index in [1.54, 1.807) is 12.1 Å². The first-order chi connectivity index (χ1) is 12.6. The molecule has 0 atom stereocenters. The van der Waals surface area contributed by atoms with Crippen LogP contribution in [-0.4, -0.2) is 48.8 Å². The molecule has 0 bridgehead atoms. The first kappa shape index (κ1) is 24.2. The molecule has 0 saturated heterocycles. The number of hydrogen-bond acceptors (Lipinski definition) is 3. The molecule has 27 heavy (non-hydrogen) atoms. The van der Waals surface area contributed by atoms with Crippen molar-refractivity contribution < 1.29 is 9.90 Å². The maximum Gasteiger partial charge on any atom is 0.251 e. The van der Waals surface area contributed by atoms with Gasteiger partial charge in [0.25, 0.3) is 5.91 Å². The topological polar surface area (TPSA) is 85.8 Å². The summed E-state index contributed by atoms with van der Waals surface area (Å²) < 4.78 is 0.958. The number of nitrogens with one attached hydrogen (secondary N) is 3. The summed E-state index contributed by atoms with van der Waals surface area (Å²) in [6.45, 7) is 4.08. The number of aliphatic imine (C=N–C) groups is 1. The fraction of sp³-hybridized carbons (Fsp3) is 0.579. The third-order valence-corrected chi connectivity index (χ3v) is 4.91. The van der Waals surface area contributed by atoms with Crippen molar-refractivity contribution in [2.45, 2.75) is 51.2 Å². The Morgan fingerprint density at radius 1 is 1.19 bits per heavy atom. The predicted octanol–water partition coefficient (Wildman–Crippen LogP) is 3.05. The fourth-order valence-corrected chi connectivity index (χ4v) is 3.17. The molecule has 1 aromatic rings. The molecule has 0 unspecified atom stereocenters. The van der Waals surface area contributed by atoms with E-state index in [1.807, 2.05) is 19.1 Å². The quantitative estimate of drug-likeness (QED) is 0.181. The van der Waals surface area contributed by atoms with E-state index in [0.29, 0.717) is 24.7 Å². The number of carbonyl (C=O) groups excluding carboxylic acids is 1. The summed E-state index contributed by atoms with van der Waals surface area (Å²) in [4.78, 5) is 16.6. The third-order valence-electron chi connectivity index (χ3n) is 4.38. The van der Waals surface area contributed by atoms with Crippen LogP contribution in [-0.2, 0) is 0 Å². The molecule has 0 aromatic heterocycles. The van der Waals surface area contributed by atoms with Crippen LogP contribution in [0.15, 0.2) is 33.7 Å². The van der Waals surface area contributed by atoms with Crippen molar-refractivity contribution in [2.75, 3.05) is 19.6 Å². The molecule has 4 N–H and O–H groups in total. The van der Waals surface area contributed by atoms with E-state index in [4.69, 9.17) is 0 Å². The highest BCUT2D eigenvalue weighted by Gasteiger charge is 2.19. The van der Waals surface area contributed by atoms with Gasteiger partial charge in [-0.1, -0.05) is 15.9 Å². The van der Waals surface area contributed by atoms with Gasteiger partial charge in [0.15, 0.2) is 5.96 Å². The van der Waals surface area contributed by atoms with Gasteiger partial charge in [-0.3, -0.25) is 9.79 Å². The Hall–Kier alpha value is -0.870. The molecule has 6 nitrogen and oxygen atoms in total. The van der Waals surface area contributed by atoms with Crippen LogP contribution in [0.2, 0.25) is 0 Å². The summed E-state index contributed by atoms with van der Waals surface area (Å²) in [5, 5.41) is 19.2. The molecule has 1 amide bonds. The van der Waals surface area contributed by atoms with Crippen molar-refractivity contribution in [3.63, 3.8) is 0 Å². The maximum atomic E-state index is 12.0. The van der Waals surface area contributed by atoms with Crippen LogP contribution < -0.4 is 16.0 Å². The van der Waals surface area contributed by atoms with Gasteiger partial charge in [0, 0.05) is 35.7 Å². The van der Waals surface area contributed by atoms with Gasteiger partial charge in [-0.25, -0.2) is 0 Å². The first-order valence-corrected chi connectivity index (χ1v) is 10.1. The third kappa shape index (κ3) is 9.25. The summed E-state index contributed by atoms with van der Waals surface area (Å²) >= 11 is 3.36. The average molecular weight is 553 g/mol. The van der Waals surface area contributed by atoms with Crippen LogP contribution in [0.3, 0.4) is 0 Å². The van der Waals surface area contributed by atoms with Crippen molar-refractivity contribution in [1.82, 2.24) is 16.0 Å². The number of aliphatic hydroxyl groups excluding tert-OH is 1. The molecule has 0 spiro atoms. The lowest BCUT2D eigenvalue weighted by Gasteiger charge is -2.27. The van der Waals surface area contributed by atoms with Crippen LogP contribution in [0.25, 0.3) is 0 Å². The lowest BCUT2D eigenvalue weighted by Crippen LogP contribution is -2.45. The smallest absolute Gasteiger partial charge is 0.251 e. The van der Waals surface area contributed by atoms with Gasteiger partial charge in [0.05, 0.1) is 6.10 Å². The predicted molar refractivity (Wildman–Crippen MR) is 124 cm³/mol. The van der Waals surface area contributed by atoms with Crippen LogP contribution in [0.1, 0.15) is 49.4 Å². The number of rotatable bonds is 7. The minimum atomic E-state index is -0.151. The molecular formula is C19H30BrIN4O2. The Morgan fingerprint density at radius 2 is 1.85 bits per heavy atom. The fourth-order valence-electron chi connectivity index (χ4n) is 2.91. The molecule has 152 valence electrons. The lowest BCUT2D eigenvalue weighted by atomic mass is 9.93. The van der Waals surface area contributed by atoms with E-state index < -0.39 is 0 Å². The summed E-state index contributed by atoms with van der Waals surface area (Å²) in [6.07, 6.45) is 4.26. The zero-order valence-corrected chi connectivity index (χ0v) is 19.6. The van der Waals surface area contributed by atoms with E-state index in [2.05, 4.69) is 36.9 Å². The van der Waals surface area contributed by atoms with E-state index in [1.165, 1.54) is 0 Å². The second kappa shape index (κ2) is 13.3. The molecule has 1 aliphatic rings. The average Bonchev–Trinajstić information content (AvgIpc) is 2.64. The molecular weight excluding hydrogens is 523 g/mol. The van der Waals surface area contributed by atoms with E-state index in [0.717, 1.165) is 49.1 Å². The Labute approximate surface area is 187 Å². The van der Waals surface area contributed by atoms with E-state index in [9.17, 15) is 9.90 Å². The van der Waals surface area contributed by atoms with Gasteiger partial charge in [-0.2, -0.15) is 0 Å². The van der Waals surface area contributed by atoms with Gasteiger partial charge in [0.1, 0.15) is 0 Å². The molecule has 0 radical (unpaired) electrons. The van der Waals surface area contributed by atoms with E-state index >= 15 is 0 Å². The van der Waals surface area contributed by atoms with Crippen LogP contribution in [0.5, 0.6) is 0 Å². The van der Waals surface area contributed by atoms with Crippen molar-refractivity contribution in [3.05, 3.63) is 34.3 Å². The van der Waals surface area contributed by atoms with Crippen molar-refractivity contribution >= 4 is 51.8 Å². The molecule has 1 aliphatic carbocycles. The largest absolute Gasteiger partial charge is 0.393 e. The zero-order valence-electron chi connectivity index (χ0n) is 15.7. The molecule has 1 aromatic carbocycles. The van der Waals surface area contributed by atoms with Gasteiger partial charge in [-0.15, -0.1) is 24.0 Å². The lowest BCUT2D eigenvalue weighted by molar-refractivity contribution is 0.0953. The summed E-state index contributed by atoms with van der Waals surface area (Å²) in [7, 11) is 0. The minimum absolute atomic E-state index is 0. The number of aliphatic hydroxyl groups is 1. The number of guanidine groups is 1. The second-order valence-electron chi connectivity index (χ2n) is 6.53. The molecule has 1 saturated carbocycles. The Balaban J connectivity index is 0.00000364. The summed E-state index contributed by atoms with van der Waals surface area (Å²) in [6, 6.07) is 7.68. The maximum absolute atomic E-state index is 12.0. The highest BCUT2D eigenvalue weighted by atomic mass is 127. The number of halogens is 2. The minimum Gasteiger partial charge on any atom is -0.393 e. The Morgan fingerprint density at radius 3 is 2.48 bits per heavy atom. The number of benzene rings is 1. The highest BCUT2D eigenvalue weighted by molar-refractivity contribution is 14.0. The molecule has 0 heterocycles. The number of hydrogen-bond donors (Lipinski definition) is 4. The second-order valence-corrected chi connectivity index (χ2v) is 7.44. The standard InChI is InChI=1S/C19H29BrN4O2.HI/c1-2-21-19(24-16-8-10-17(25)11-9-16)23-13-3-12-22-18(26)14-4-6-15(20)7-5-14;/h4-7,16-17,25H,2-3,8-13H2,1H3,(H,22,26)(H2,21,23,24);1H. The van der Waals surface area contributed by atoms with Crippen LogP contribution in [0, 0.1) is 0 Å². The Bertz CT molecular complexity index is 590. The molecule has 8 heteroatoms. The van der Waals surface area contributed by atoms with Gasteiger partial charge in [0.2, 0.25) is 0 Å². The van der Waals surface area contributed by atoms with Crippen molar-refractivity contribution in [1.29, 1.82) is 0 Å². The number of amides is 1. The van der Waals surface area contributed by atoms with Crippen LogP contribution in [0.4, 0.5) is 0 Å². The van der Waals surface area contributed by atoms with Crippen molar-refractivity contribution in [3.8, 4) is 0 Å². The summed E-state index contributed by atoms with van der Waals surface area (Å²) in [5.74, 6) is 0.750. The first-order valence-electron chi connectivity index (χ1n) is 9.35. The van der Waals surface area contributed by atoms with Crippen molar-refractivity contribution in [2.24, 2.45) is 4.99 Å². The number of carbonyl (C=O) groups is 1. The number of nitrogens with zero attached hydrogens (tertiary/aromatic N) is 1. The molecule has 1 fully saturated rings. The Kier molecular flexibility index (Phi) is 11.9. The molecule has 0 aliphatic heterocycles. The van der Waals surface area contributed by atoms with E-state index in [-0.39, 0.29) is 36.0 Å². The SMILES string of the molecule is CCNC(=NCCCNC(=O)c1ccc(Br)cc1)NC1CCC(O)CC1.I. The van der Waals surface area contributed by atoms with Gasteiger partial charge in [-0.05, 0) is 63.3 Å². The highest BCUT2D eigenvalue weighted by Crippen LogP contribution is 2.18. The normalized spacial score (nSPS) is 19.7. The van der Waals surface area contributed by atoms with Gasteiger partial charge >= 0.3 is 0 Å². The zero-order chi connectivity index (χ0) is 18.8. The monoisotopic (exact) mass is 552 g/mol. The van der Waals surface area contributed by atoms with Crippen LogP contribution >= 0.6 is 39.9 Å². The van der Waals surface area contributed by atoms with Gasteiger partial charge < -0.3 is 21.1 Å². The summed E-state index contributed by atoms with van der Waals surface area (Å²) in [5.41, 5.74) is 0.659.